The van der Waals surface area contributed by atoms with Crippen molar-refractivity contribution in [2.75, 3.05) is 6.61 Å². The van der Waals surface area contributed by atoms with Gasteiger partial charge in [0.25, 0.3) is 0 Å². The van der Waals surface area contributed by atoms with E-state index in [9.17, 15) is 0 Å². The van der Waals surface area contributed by atoms with E-state index in [-0.39, 0.29) is 0 Å². The Morgan fingerprint density at radius 3 is 2.62 bits per heavy atom. The number of hydrogen-bond acceptors (Lipinski definition) is 1. The van der Waals surface area contributed by atoms with Gasteiger partial charge in [-0.05, 0) is 42.4 Å². The molecule has 0 aromatic carbocycles. The van der Waals surface area contributed by atoms with E-state index in [2.05, 4.69) is 27.7 Å². The Bertz CT molecular complexity index is 234. The zero-order valence-corrected chi connectivity index (χ0v) is 11.5. The SMILES string of the molecule is CCC(CC)C1(C)CC[C@H]2C(C)COC2C1. The lowest BCUT2D eigenvalue weighted by molar-refractivity contribution is -0.0147. The maximum Gasteiger partial charge on any atom is 0.0612 e. The molecule has 94 valence electrons. The highest BCUT2D eigenvalue weighted by Gasteiger charge is 2.46. The van der Waals surface area contributed by atoms with Gasteiger partial charge in [0.1, 0.15) is 0 Å². The average Bonchev–Trinajstić information content (AvgIpc) is 2.61. The molecule has 2 aliphatic rings. The number of hydrogen-bond donors (Lipinski definition) is 0. The van der Waals surface area contributed by atoms with Crippen LogP contribution in [0.3, 0.4) is 0 Å². The van der Waals surface area contributed by atoms with Gasteiger partial charge in [0.15, 0.2) is 0 Å². The Labute approximate surface area is 101 Å². The Hall–Kier alpha value is -0.0400. The Balaban J connectivity index is 2.05. The minimum absolute atomic E-state index is 0.550. The van der Waals surface area contributed by atoms with Crippen molar-refractivity contribution in [2.24, 2.45) is 23.2 Å². The number of ether oxygens (including phenoxy) is 1. The Morgan fingerprint density at radius 1 is 1.31 bits per heavy atom. The first-order chi connectivity index (χ1) is 7.60. The van der Waals surface area contributed by atoms with Crippen LogP contribution in [0.25, 0.3) is 0 Å². The van der Waals surface area contributed by atoms with Crippen molar-refractivity contribution in [1.29, 1.82) is 0 Å². The van der Waals surface area contributed by atoms with Crippen LogP contribution in [0.1, 0.15) is 59.8 Å². The molecule has 1 heterocycles. The Kier molecular flexibility index (Phi) is 3.63. The standard InChI is InChI=1S/C15H28O/c1-5-12(6-2)15(4)8-7-13-11(3)10-16-14(13)9-15/h11-14H,5-10H2,1-4H3/t11?,13-,14?,15?/m0/s1. The fourth-order valence-corrected chi connectivity index (χ4v) is 4.27. The van der Waals surface area contributed by atoms with Crippen LogP contribution in [0, 0.1) is 23.2 Å². The van der Waals surface area contributed by atoms with E-state index in [1.165, 1.54) is 32.1 Å². The predicted octanol–water partition coefficient (Wildman–Crippen LogP) is 4.26. The van der Waals surface area contributed by atoms with Crippen molar-refractivity contribution >= 4 is 0 Å². The second-order valence-electron chi connectivity index (χ2n) is 6.42. The summed E-state index contributed by atoms with van der Waals surface area (Å²) in [6.45, 7) is 10.6. The lowest BCUT2D eigenvalue weighted by Gasteiger charge is -2.45. The van der Waals surface area contributed by atoms with Crippen molar-refractivity contribution in [3.63, 3.8) is 0 Å². The van der Waals surface area contributed by atoms with Gasteiger partial charge in [0, 0.05) is 6.61 Å². The second-order valence-corrected chi connectivity index (χ2v) is 6.42. The van der Waals surface area contributed by atoms with E-state index < -0.39 is 0 Å². The summed E-state index contributed by atoms with van der Waals surface area (Å²) in [5.41, 5.74) is 0.550. The van der Waals surface area contributed by atoms with Gasteiger partial charge in [-0.15, -0.1) is 0 Å². The molecule has 3 unspecified atom stereocenters. The largest absolute Gasteiger partial charge is 0.378 e. The highest BCUT2D eigenvalue weighted by molar-refractivity contribution is 4.95. The van der Waals surface area contributed by atoms with Crippen LogP contribution in [0.15, 0.2) is 0 Å². The quantitative estimate of drug-likeness (QED) is 0.696. The molecule has 1 nitrogen and oxygen atoms in total. The molecule has 1 saturated heterocycles. The topological polar surface area (TPSA) is 9.23 Å². The fourth-order valence-electron chi connectivity index (χ4n) is 4.27. The van der Waals surface area contributed by atoms with Gasteiger partial charge in [-0.1, -0.05) is 40.5 Å². The number of fused-ring (bicyclic) bond motifs is 1. The minimum Gasteiger partial charge on any atom is -0.378 e. The summed E-state index contributed by atoms with van der Waals surface area (Å²) in [4.78, 5) is 0. The van der Waals surface area contributed by atoms with Gasteiger partial charge >= 0.3 is 0 Å². The molecular weight excluding hydrogens is 196 g/mol. The van der Waals surface area contributed by atoms with Crippen molar-refractivity contribution in [2.45, 2.75) is 65.9 Å². The van der Waals surface area contributed by atoms with E-state index in [0.29, 0.717) is 11.5 Å². The molecule has 1 heteroatoms. The first-order valence-electron chi connectivity index (χ1n) is 7.22. The molecule has 16 heavy (non-hydrogen) atoms. The average molecular weight is 224 g/mol. The van der Waals surface area contributed by atoms with Crippen LogP contribution < -0.4 is 0 Å². The van der Waals surface area contributed by atoms with Crippen molar-refractivity contribution in [3.05, 3.63) is 0 Å². The van der Waals surface area contributed by atoms with Gasteiger partial charge < -0.3 is 4.74 Å². The van der Waals surface area contributed by atoms with Gasteiger partial charge in [0.05, 0.1) is 6.10 Å². The van der Waals surface area contributed by atoms with E-state index in [1.54, 1.807) is 0 Å². The summed E-state index contributed by atoms with van der Waals surface area (Å²) in [5, 5.41) is 0. The molecule has 0 aromatic heterocycles. The van der Waals surface area contributed by atoms with Crippen LogP contribution in [0.4, 0.5) is 0 Å². The van der Waals surface area contributed by atoms with Gasteiger partial charge in [0.2, 0.25) is 0 Å². The van der Waals surface area contributed by atoms with Gasteiger partial charge in [-0.2, -0.15) is 0 Å². The summed E-state index contributed by atoms with van der Waals surface area (Å²) in [6.07, 6.45) is 7.38. The molecule has 1 aliphatic carbocycles. The summed E-state index contributed by atoms with van der Waals surface area (Å²) >= 11 is 0. The maximum atomic E-state index is 6.00. The normalized spacial score (nSPS) is 43.7. The Morgan fingerprint density at radius 2 is 2.00 bits per heavy atom. The van der Waals surface area contributed by atoms with Gasteiger partial charge in [-0.25, -0.2) is 0 Å². The molecule has 0 amide bonds. The highest BCUT2D eigenvalue weighted by atomic mass is 16.5. The van der Waals surface area contributed by atoms with E-state index in [4.69, 9.17) is 4.74 Å². The molecule has 4 atom stereocenters. The lowest BCUT2D eigenvalue weighted by Crippen LogP contribution is -2.39. The van der Waals surface area contributed by atoms with Crippen molar-refractivity contribution in [3.8, 4) is 0 Å². The van der Waals surface area contributed by atoms with E-state index in [1.807, 2.05) is 0 Å². The highest BCUT2D eigenvalue weighted by Crippen LogP contribution is 2.50. The molecule has 2 rings (SSSR count). The monoisotopic (exact) mass is 224 g/mol. The molecule has 0 spiro atoms. The summed E-state index contributed by atoms with van der Waals surface area (Å²) in [7, 11) is 0. The molecule has 0 aromatic rings. The molecule has 2 fully saturated rings. The molecular formula is C15H28O. The molecule has 0 N–H and O–H groups in total. The van der Waals surface area contributed by atoms with Crippen LogP contribution in [0.5, 0.6) is 0 Å². The van der Waals surface area contributed by atoms with Crippen molar-refractivity contribution < 1.29 is 4.74 Å². The summed E-state index contributed by atoms with van der Waals surface area (Å²) in [6, 6.07) is 0. The van der Waals surface area contributed by atoms with Crippen LogP contribution in [-0.4, -0.2) is 12.7 Å². The fraction of sp³-hybridized carbons (Fsp3) is 1.00. The molecule has 0 radical (unpaired) electrons. The smallest absolute Gasteiger partial charge is 0.0612 e. The van der Waals surface area contributed by atoms with Crippen LogP contribution in [-0.2, 0) is 4.74 Å². The van der Waals surface area contributed by atoms with Crippen LogP contribution in [0.2, 0.25) is 0 Å². The van der Waals surface area contributed by atoms with E-state index in [0.717, 1.165) is 24.4 Å². The zero-order valence-electron chi connectivity index (χ0n) is 11.5. The van der Waals surface area contributed by atoms with E-state index >= 15 is 0 Å². The van der Waals surface area contributed by atoms with Crippen LogP contribution >= 0.6 is 0 Å². The summed E-state index contributed by atoms with van der Waals surface area (Å²) < 4.78 is 6.00. The molecule has 0 bridgehead atoms. The minimum atomic E-state index is 0.550. The second kappa shape index (κ2) is 4.68. The third kappa shape index (κ3) is 2.03. The van der Waals surface area contributed by atoms with Gasteiger partial charge in [-0.3, -0.25) is 0 Å². The predicted molar refractivity (Wildman–Crippen MR) is 68.4 cm³/mol. The third-order valence-electron chi connectivity index (χ3n) is 5.47. The first kappa shape index (κ1) is 12.4. The lowest BCUT2D eigenvalue weighted by atomic mass is 9.61. The zero-order chi connectivity index (χ0) is 11.8. The number of rotatable bonds is 3. The molecule has 1 saturated carbocycles. The maximum absolute atomic E-state index is 6.00. The van der Waals surface area contributed by atoms with Crippen molar-refractivity contribution in [1.82, 2.24) is 0 Å². The first-order valence-corrected chi connectivity index (χ1v) is 7.22. The molecule has 1 aliphatic heterocycles. The third-order valence-corrected chi connectivity index (χ3v) is 5.47. The summed E-state index contributed by atoms with van der Waals surface area (Å²) in [5.74, 6) is 2.56.